The second-order valence-corrected chi connectivity index (χ2v) is 6.23. The van der Waals surface area contributed by atoms with Crippen molar-refractivity contribution in [3.63, 3.8) is 0 Å². The molecule has 23 heavy (non-hydrogen) atoms. The maximum Gasteiger partial charge on any atom is 0.131 e. The minimum atomic E-state index is -2.10. The van der Waals surface area contributed by atoms with Crippen LogP contribution in [0.3, 0.4) is 0 Å². The van der Waals surface area contributed by atoms with Gasteiger partial charge in [0.2, 0.25) is 0 Å². The molecule has 0 saturated carbocycles. The lowest BCUT2D eigenvalue weighted by molar-refractivity contribution is 0.341. The second-order valence-electron chi connectivity index (χ2n) is 5.36. The smallest absolute Gasteiger partial charge is 0.131 e. The van der Waals surface area contributed by atoms with Crippen molar-refractivity contribution in [1.29, 1.82) is 0 Å². The first-order chi connectivity index (χ1) is 11.1. The van der Waals surface area contributed by atoms with Gasteiger partial charge in [-0.2, -0.15) is 0 Å². The maximum absolute atomic E-state index is 14.4. The van der Waals surface area contributed by atoms with E-state index in [-0.39, 0.29) is 11.7 Å². The van der Waals surface area contributed by atoms with Crippen molar-refractivity contribution in [2.75, 3.05) is 19.0 Å². The molecule has 3 rings (SSSR count). The van der Waals surface area contributed by atoms with Gasteiger partial charge in [-0.15, -0.1) is 5.10 Å². The van der Waals surface area contributed by atoms with E-state index in [4.69, 9.17) is 0 Å². The Morgan fingerprint density at radius 1 is 1.39 bits per heavy atom. The van der Waals surface area contributed by atoms with E-state index in [9.17, 15) is 13.2 Å². The Balaban J connectivity index is 1.85. The SMILES string of the molecule is O=S([O-])CN1CC=C(c2c(F)cccc2Cn2ccnn2)CC1. The Kier molecular flexibility index (Phi) is 4.94. The van der Waals surface area contributed by atoms with E-state index in [0.29, 0.717) is 31.6 Å². The van der Waals surface area contributed by atoms with Crippen molar-refractivity contribution in [3.8, 4) is 0 Å². The van der Waals surface area contributed by atoms with Gasteiger partial charge in [-0.05, 0) is 34.7 Å². The molecule has 2 aromatic rings. The van der Waals surface area contributed by atoms with Gasteiger partial charge in [0.1, 0.15) is 5.82 Å². The Morgan fingerprint density at radius 2 is 2.26 bits per heavy atom. The van der Waals surface area contributed by atoms with Gasteiger partial charge in [0.15, 0.2) is 0 Å². The van der Waals surface area contributed by atoms with Gasteiger partial charge in [-0.1, -0.05) is 23.4 Å². The molecule has 1 aliphatic rings. The van der Waals surface area contributed by atoms with Crippen molar-refractivity contribution in [1.82, 2.24) is 19.9 Å². The molecule has 0 bridgehead atoms. The van der Waals surface area contributed by atoms with Crippen molar-refractivity contribution in [2.24, 2.45) is 0 Å². The fourth-order valence-corrected chi connectivity index (χ4v) is 3.29. The number of hydrogen-bond donors (Lipinski definition) is 0. The largest absolute Gasteiger partial charge is 0.771 e. The van der Waals surface area contributed by atoms with Gasteiger partial charge in [-0.3, -0.25) is 9.11 Å². The van der Waals surface area contributed by atoms with E-state index in [2.05, 4.69) is 10.3 Å². The minimum Gasteiger partial charge on any atom is -0.771 e. The summed E-state index contributed by atoms with van der Waals surface area (Å²) in [6.45, 7) is 1.54. The molecule has 0 fully saturated rings. The van der Waals surface area contributed by atoms with E-state index in [1.807, 2.05) is 17.0 Å². The molecule has 8 heteroatoms. The van der Waals surface area contributed by atoms with Crippen LogP contribution in [0.1, 0.15) is 17.5 Å². The number of benzene rings is 1. The Hall–Kier alpha value is -1.90. The highest BCUT2D eigenvalue weighted by atomic mass is 32.2. The Morgan fingerprint density at radius 3 is 2.91 bits per heavy atom. The molecule has 0 amide bonds. The van der Waals surface area contributed by atoms with Gasteiger partial charge in [-0.25, -0.2) is 9.07 Å². The lowest BCUT2D eigenvalue weighted by Crippen LogP contribution is -2.31. The molecule has 1 atom stereocenters. The van der Waals surface area contributed by atoms with Crippen LogP contribution in [0.5, 0.6) is 0 Å². The number of nitrogens with zero attached hydrogens (tertiary/aromatic N) is 4. The number of aromatic nitrogens is 3. The minimum absolute atomic E-state index is 0.00681. The van der Waals surface area contributed by atoms with Crippen LogP contribution >= 0.6 is 0 Å². The van der Waals surface area contributed by atoms with Gasteiger partial charge in [0, 0.05) is 24.8 Å². The van der Waals surface area contributed by atoms with Gasteiger partial charge in [0.25, 0.3) is 0 Å². The molecule has 1 aromatic heterocycles. The van der Waals surface area contributed by atoms with Crippen LogP contribution in [0.2, 0.25) is 0 Å². The van der Waals surface area contributed by atoms with Crippen LogP contribution in [0.25, 0.3) is 5.57 Å². The molecule has 0 spiro atoms. The Bertz CT molecular complexity index is 733. The third-order valence-corrected chi connectivity index (χ3v) is 4.38. The van der Waals surface area contributed by atoms with E-state index in [0.717, 1.165) is 11.1 Å². The van der Waals surface area contributed by atoms with E-state index < -0.39 is 11.1 Å². The average molecular weight is 335 g/mol. The second kappa shape index (κ2) is 7.12. The molecule has 1 aromatic carbocycles. The molecule has 0 N–H and O–H groups in total. The highest BCUT2D eigenvalue weighted by Gasteiger charge is 2.18. The van der Waals surface area contributed by atoms with Crippen molar-refractivity contribution >= 4 is 16.7 Å². The molecule has 122 valence electrons. The summed E-state index contributed by atoms with van der Waals surface area (Å²) in [6, 6.07) is 5.00. The van der Waals surface area contributed by atoms with Crippen LogP contribution < -0.4 is 0 Å². The predicted molar refractivity (Wildman–Crippen MR) is 83.5 cm³/mol. The first kappa shape index (κ1) is 16.0. The quantitative estimate of drug-likeness (QED) is 0.772. The zero-order valence-electron chi connectivity index (χ0n) is 12.4. The van der Waals surface area contributed by atoms with E-state index in [1.165, 1.54) is 6.07 Å². The summed E-state index contributed by atoms with van der Waals surface area (Å²) in [5.74, 6) is -0.262. The molecule has 1 aliphatic heterocycles. The molecule has 0 aliphatic carbocycles. The predicted octanol–water partition coefficient (Wildman–Crippen LogP) is 1.39. The first-order valence-electron chi connectivity index (χ1n) is 7.22. The molecular formula is C15H16FN4O2S-. The number of rotatable bonds is 5. The van der Waals surface area contributed by atoms with E-state index in [1.54, 1.807) is 23.1 Å². The van der Waals surface area contributed by atoms with Crippen LogP contribution in [-0.4, -0.2) is 47.6 Å². The standard InChI is InChI=1S/C15H17FN4O2S/c16-14-3-1-2-13(10-20-9-6-17-18-20)15(14)12-4-7-19(8-5-12)11-23(21)22/h1-4,6,9H,5,7-8,10-11H2,(H,21,22)/p-1. The van der Waals surface area contributed by atoms with Gasteiger partial charge < -0.3 is 4.55 Å². The topological polar surface area (TPSA) is 74.1 Å². The normalized spacial score (nSPS) is 17.0. The Labute approximate surface area is 135 Å². The van der Waals surface area contributed by atoms with Crippen LogP contribution in [0.4, 0.5) is 4.39 Å². The molecule has 0 saturated heterocycles. The van der Waals surface area contributed by atoms with E-state index >= 15 is 0 Å². The summed E-state index contributed by atoms with van der Waals surface area (Å²) < 4.78 is 37.6. The molecule has 1 unspecified atom stereocenters. The van der Waals surface area contributed by atoms with Gasteiger partial charge in [0.05, 0.1) is 18.6 Å². The zero-order chi connectivity index (χ0) is 16.2. The van der Waals surface area contributed by atoms with Crippen molar-refractivity contribution < 1.29 is 13.2 Å². The summed E-state index contributed by atoms with van der Waals surface area (Å²) in [4.78, 5) is 1.81. The first-order valence-corrected chi connectivity index (χ1v) is 8.47. The lowest BCUT2D eigenvalue weighted by atomic mass is 9.94. The van der Waals surface area contributed by atoms with Crippen molar-refractivity contribution in [2.45, 2.75) is 13.0 Å². The summed E-state index contributed by atoms with van der Waals surface area (Å²) >= 11 is -2.10. The highest BCUT2D eigenvalue weighted by Crippen LogP contribution is 2.28. The summed E-state index contributed by atoms with van der Waals surface area (Å²) in [6.07, 6.45) is 5.83. The third kappa shape index (κ3) is 3.90. The van der Waals surface area contributed by atoms with Crippen LogP contribution in [0, 0.1) is 5.82 Å². The zero-order valence-corrected chi connectivity index (χ0v) is 13.2. The summed E-state index contributed by atoms with van der Waals surface area (Å²) in [5, 5.41) is 7.68. The maximum atomic E-state index is 14.4. The van der Waals surface area contributed by atoms with Crippen molar-refractivity contribution in [3.05, 3.63) is 53.6 Å². The average Bonchev–Trinajstić information content (AvgIpc) is 3.01. The third-order valence-electron chi connectivity index (χ3n) is 3.81. The summed E-state index contributed by atoms with van der Waals surface area (Å²) in [7, 11) is 0. The monoisotopic (exact) mass is 335 g/mol. The molecule has 6 nitrogen and oxygen atoms in total. The van der Waals surface area contributed by atoms with Gasteiger partial charge >= 0.3 is 0 Å². The van der Waals surface area contributed by atoms with Crippen LogP contribution in [-0.2, 0) is 17.6 Å². The van der Waals surface area contributed by atoms with Crippen LogP contribution in [0.15, 0.2) is 36.7 Å². The fourth-order valence-electron chi connectivity index (χ4n) is 2.76. The lowest BCUT2D eigenvalue weighted by Gasteiger charge is -2.27. The molecular weight excluding hydrogens is 319 g/mol. The number of halogens is 1. The molecule has 2 heterocycles. The summed E-state index contributed by atoms with van der Waals surface area (Å²) in [5.41, 5.74) is 2.33. The fraction of sp³-hybridized carbons (Fsp3) is 0.333. The number of hydrogen-bond acceptors (Lipinski definition) is 5. The molecule has 0 radical (unpaired) electrons. The highest BCUT2D eigenvalue weighted by molar-refractivity contribution is 7.79.